The lowest BCUT2D eigenvalue weighted by Crippen LogP contribution is -2.35. The Labute approximate surface area is 186 Å². The molecule has 9 heteroatoms. The Morgan fingerprint density at radius 1 is 0.970 bits per heavy atom. The second kappa shape index (κ2) is 6.99. The predicted molar refractivity (Wildman–Crippen MR) is 111 cm³/mol. The van der Waals surface area contributed by atoms with Gasteiger partial charge >= 0.3 is 17.9 Å². The van der Waals surface area contributed by atoms with Gasteiger partial charge in [-0.3, -0.25) is 4.79 Å². The number of carboxylic acids is 2. The van der Waals surface area contributed by atoms with Crippen LogP contribution in [0.25, 0.3) is 0 Å². The number of aryl methyl sites for hydroxylation is 1. The SMILES string of the molecule is O=C(O)CCc1cc(O)cc2c1C1(OC(=O)c3ccccc31)c1ccc(O)c(C(=O)O)c1O2. The summed E-state index contributed by atoms with van der Waals surface area (Å²) in [7, 11) is 0. The number of carbonyl (C=O) groups excluding carboxylic acids is 1. The number of esters is 1. The van der Waals surface area contributed by atoms with Crippen molar-refractivity contribution in [3.63, 3.8) is 0 Å². The molecule has 0 amide bonds. The molecule has 2 aliphatic rings. The summed E-state index contributed by atoms with van der Waals surface area (Å²) >= 11 is 0. The molecule has 0 saturated carbocycles. The van der Waals surface area contributed by atoms with Gasteiger partial charge in [0.1, 0.15) is 22.8 Å². The first-order chi connectivity index (χ1) is 15.7. The van der Waals surface area contributed by atoms with Crippen LogP contribution < -0.4 is 4.74 Å². The number of ether oxygens (including phenoxy) is 2. The predicted octanol–water partition coefficient (Wildman–Crippen LogP) is 3.38. The normalized spacial score (nSPS) is 17.5. The lowest BCUT2D eigenvalue weighted by Gasteiger charge is -2.38. The fourth-order valence-corrected chi connectivity index (χ4v) is 4.59. The number of phenols is 2. The highest BCUT2D eigenvalue weighted by Gasteiger charge is 2.55. The average molecular weight is 448 g/mol. The fourth-order valence-electron chi connectivity index (χ4n) is 4.59. The molecule has 0 aromatic heterocycles. The first kappa shape index (κ1) is 20.4. The van der Waals surface area contributed by atoms with Gasteiger partial charge in [-0.15, -0.1) is 0 Å². The van der Waals surface area contributed by atoms with Crippen LogP contribution in [0, 0.1) is 0 Å². The lowest BCUT2D eigenvalue weighted by atomic mass is 9.74. The highest BCUT2D eigenvalue weighted by molar-refractivity contribution is 5.99. The summed E-state index contributed by atoms with van der Waals surface area (Å²) in [6, 6.07) is 11.7. The maximum Gasteiger partial charge on any atom is 0.343 e. The summed E-state index contributed by atoms with van der Waals surface area (Å²) in [5.41, 5.74) is -0.750. The Bertz CT molecular complexity index is 1370. The number of benzene rings is 3. The summed E-state index contributed by atoms with van der Waals surface area (Å²) in [4.78, 5) is 36.2. The van der Waals surface area contributed by atoms with Crippen molar-refractivity contribution in [1.82, 2.24) is 0 Å². The first-order valence-electron chi connectivity index (χ1n) is 9.92. The van der Waals surface area contributed by atoms with E-state index in [1.165, 1.54) is 24.3 Å². The van der Waals surface area contributed by atoms with E-state index in [4.69, 9.17) is 9.47 Å². The van der Waals surface area contributed by atoms with Gasteiger partial charge in [-0.05, 0) is 36.2 Å². The maximum absolute atomic E-state index is 12.9. The van der Waals surface area contributed by atoms with Gasteiger partial charge in [-0.1, -0.05) is 18.2 Å². The van der Waals surface area contributed by atoms with E-state index in [-0.39, 0.29) is 46.8 Å². The minimum Gasteiger partial charge on any atom is -0.508 e. The van der Waals surface area contributed by atoms with Crippen LogP contribution >= 0.6 is 0 Å². The minimum atomic E-state index is -1.67. The molecule has 0 fully saturated rings. The monoisotopic (exact) mass is 448 g/mol. The van der Waals surface area contributed by atoms with Gasteiger partial charge in [-0.25, -0.2) is 9.59 Å². The molecular weight excluding hydrogens is 432 g/mol. The smallest absolute Gasteiger partial charge is 0.343 e. The molecule has 1 unspecified atom stereocenters. The molecule has 2 heterocycles. The second-order valence-corrected chi connectivity index (χ2v) is 7.73. The number of hydrogen-bond acceptors (Lipinski definition) is 7. The number of aromatic hydroxyl groups is 2. The van der Waals surface area contributed by atoms with Crippen LogP contribution in [0.4, 0.5) is 0 Å². The van der Waals surface area contributed by atoms with E-state index in [9.17, 15) is 34.8 Å². The van der Waals surface area contributed by atoms with Crippen LogP contribution in [0.15, 0.2) is 48.5 Å². The van der Waals surface area contributed by atoms with Crippen LogP contribution in [0.5, 0.6) is 23.0 Å². The summed E-state index contributed by atoms with van der Waals surface area (Å²) < 4.78 is 11.8. The van der Waals surface area contributed by atoms with Gasteiger partial charge < -0.3 is 29.9 Å². The van der Waals surface area contributed by atoms with E-state index in [2.05, 4.69) is 0 Å². The van der Waals surface area contributed by atoms with E-state index in [1.54, 1.807) is 24.3 Å². The van der Waals surface area contributed by atoms with E-state index in [0.717, 1.165) is 0 Å². The van der Waals surface area contributed by atoms with Gasteiger partial charge in [0, 0.05) is 23.6 Å². The molecular formula is C24H16O9. The van der Waals surface area contributed by atoms with Crippen molar-refractivity contribution >= 4 is 17.9 Å². The molecule has 0 saturated heterocycles. The highest BCUT2D eigenvalue weighted by atomic mass is 16.6. The Morgan fingerprint density at radius 2 is 1.73 bits per heavy atom. The zero-order valence-electron chi connectivity index (χ0n) is 16.9. The number of hydrogen-bond donors (Lipinski definition) is 4. The molecule has 0 bridgehead atoms. The Morgan fingerprint density at radius 3 is 2.45 bits per heavy atom. The zero-order valence-corrected chi connectivity index (χ0v) is 16.9. The van der Waals surface area contributed by atoms with Gasteiger partial charge in [0.2, 0.25) is 0 Å². The number of carboxylic acid groups (broad SMARTS) is 2. The number of rotatable bonds is 4. The third-order valence-corrected chi connectivity index (χ3v) is 5.84. The molecule has 9 nitrogen and oxygen atoms in total. The van der Waals surface area contributed by atoms with Crippen molar-refractivity contribution in [2.45, 2.75) is 18.4 Å². The van der Waals surface area contributed by atoms with Crippen molar-refractivity contribution in [3.05, 3.63) is 81.9 Å². The van der Waals surface area contributed by atoms with Crippen molar-refractivity contribution in [1.29, 1.82) is 0 Å². The van der Waals surface area contributed by atoms with Crippen LogP contribution in [0.1, 0.15) is 49.4 Å². The third-order valence-electron chi connectivity index (χ3n) is 5.84. The van der Waals surface area contributed by atoms with E-state index >= 15 is 0 Å². The number of aliphatic carboxylic acids is 1. The fraction of sp³-hybridized carbons (Fsp3) is 0.125. The molecule has 5 rings (SSSR count). The molecule has 1 atom stereocenters. The summed E-state index contributed by atoms with van der Waals surface area (Å²) in [6.45, 7) is 0. The van der Waals surface area contributed by atoms with Crippen molar-refractivity contribution in [2.75, 3.05) is 0 Å². The van der Waals surface area contributed by atoms with Crippen LogP contribution in [-0.4, -0.2) is 38.3 Å². The second-order valence-electron chi connectivity index (χ2n) is 7.73. The summed E-state index contributed by atoms with van der Waals surface area (Å²) in [5.74, 6) is -4.25. The number of carbonyl (C=O) groups is 3. The first-order valence-corrected chi connectivity index (χ1v) is 9.92. The van der Waals surface area contributed by atoms with Gasteiger partial charge in [0.05, 0.1) is 11.1 Å². The molecule has 0 aliphatic carbocycles. The minimum absolute atomic E-state index is 0.0134. The number of aromatic carboxylic acids is 1. The van der Waals surface area contributed by atoms with E-state index in [1.807, 2.05) is 0 Å². The zero-order chi connectivity index (χ0) is 23.5. The highest BCUT2D eigenvalue weighted by Crippen LogP contribution is 2.59. The van der Waals surface area contributed by atoms with Gasteiger partial charge in [-0.2, -0.15) is 0 Å². The maximum atomic E-state index is 12.9. The summed E-state index contributed by atoms with van der Waals surface area (Å²) in [6.07, 6.45) is -0.291. The standard InChI is InChI=1S/C24H16O9/c25-12-9-11(5-8-18(27)28)20-17(10-12)32-21-15(6-7-16(26)19(21)22(29)30)24(20)14-4-2-1-3-13(14)23(31)33-24/h1-4,6-7,9-10,25-26H,5,8H2,(H,27,28)(H,29,30). The topological polar surface area (TPSA) is 151 Å². The average Bonchev–Trinajstić information content (AvgIpc) is 3.04. The van der Waals surface area contributed by atoms with Gasteiger partial charge in [0.25, 0.3) is 0 Å². The van der Waals surface area contributed by atoms with E-state index in [0.29, 0.717) is 11.1 Å². The van der Waals surface area contributed by atoms with Crippen molar-refractivity contribution < 1.29 is 44.3 Å². The molecule has 2 aliphatic heterocycles. The molecule has 0 radical (unpaired) electrons. The van der Waals surface area contributed by atoms with Crippen LogP contribution in [0.2, 0.25) is 0 Å². The quantitative estimate of drug-likeness (QED) is 0.440. The Balaban J connectivity index is 1.91. The molecule has 3 aromatic rings. The summed E-state index contributed by atoms with van der Waals surface area (Å²) in [5, 5.41) is 39.5. The molecule has 1 spiro atoms. The number of phenolic OH excluding ortho intramolecular Hbond substituents is 1. The Hall–Kier alpha value is -4.53. The van der Waals surface area contributed by atoms with Crippen molar-refractivity contribution in [3.8, 4) is 23.0 Å². The van der Waals surface area contributed by atoms with E-state index < -0.39 is 34.8 Å². The third kappa shape index (κ3) is 2.82. The largest absolute Gasteiger partial charge is 0.508 e. The molecule has 33 heavy (non-hydrogen) atoms. The molecule has 166 valence electrons. The van der Waals surface area contributed by atoms with Crippen LogP contribution in [0.3, 0.4) is 0 Å². The lowest BCUT2D eigenvalue weighted by molar-refractivity contribution is -0.137. The molecule has 4 N–H and O–H groups in total. The molecule has 3 aromatic carbocycles. The van der Waals surface area contributed by atoms with Gasteiger partial charge in [0.15, 0.2) is 11.4 Å². The van der Waals surface area contributed by atoms with Crippen molar-refractivity contribution in [2.24, 2.45) is 0 Å². The number of fused-ring (bicyclic) bond motifs is 6. The Kier molecular flexibility index (Phi) is 4.32. The van der Waals surface area contributed by atoms with Crippen LogP contribution in [-0.2, 0) is 21.6 Å².